The third kappa shape index (κ3) is 4.95. The van der Waals surface area contributed by atoms with Crippen molar-refractivity contribution in [3.63, 3.8) is 0 Å². The third-order valence-electron chi connectivity index (χ3n) is 6.19. The third-order valence-corrected chi connectivity index (χ3v) is 8.07. The highest BCUT2D eigenvalue weighted by molar-refractivity contribution is 7.89. The molecule has 10 nitrogen and oxygen atoms in total. The molecule has 34 heavy (non-hydrogen) atoms. The number of para-hydroxylation sites is 1. The Hall–Kier alpha value is -3.31. The largest absolute Gasteiger partial charge is 0.366 e. The number of sulfonamides is 1. The summed E-state index contributed by atoms with van der Waals surface area (Å²) in [7, 11) is -3.15. The Morgan fingerprint density at radius 3 is 2.59 bits per heavy atom. The Morgan fingerprint density at radius 2 is 1.91 bits per heavy atom. The molecule has 1 aliphatic rings. The van der Waals surface area contributed by atoms with Crippen molar-refractivity contribution in [2.45, 2.75) is 33.2 Å². The first-order valence-electron chi connectivity index (χ1n) is 11.2. The van der Waals surface area contributed by atoms with Crippen molar-refractivity contribution in [3.05, 3.63) is 53.5 Å². The van der Waals surface area contributed by atoms with Gasteiger partial charge in [0.05, 0.1) is 28.2 Å². The van der Waals surface area contributed by atoms with E-state index in [-0.39, 0.29) is 17.0 Å². The summed E-state index contributed by atoms with van der Waals surface area (Å²) in [6.07, 6.45) is 3.28. The lowest BCUT2D eigenvalue weighted by Crippen LogP contribution is -2.40. The molecule has 3 N–H and O–H groups in total. The second kappa shape index (κ2) is 9.51. The average molecular weight is 485 g/mol. The molecule has 0 aliphatic carbocycles. The van der Waals surface area contributed by atoms with Crippen LogP contribution >= 0.6 is 0 Å². The van der Waals surface area contributed by atoms with Gasteiger partial charge in [-0.1, -0.05) is 18.2 Å². The zero-order valence-corrected chi connectivity index (χ0v) is 20.0. The first-order chi connectivity index (χ1) is 16.2. The van der Waals surface area contributed by atoms with Gasteiger partial charge in [0.15, 0.2) is 0 Å². The van der Waals surface area contributed by atoms with Crippen LogP contribution in [0.5, 0.6) is 0 Å². The first-order valence-corrected chi connectivity index (χ1v) is 12.8. The van der Waals surface area contributed by atoms with Gasteiger partial charge in [-0.05, 0) is 44.7 Å². The summed E-state index contributed by atoms with van der Waals surface area (Å²) >= 11 is 0. The van der Waals surface area contributed by atoms with E-state index in [0.29, 0.717) is 47.8 Å². The van der Waals surface area contributed by atoms with Crippen LogP contribution in [0, 0.1) is 12.8 Å². The average Bonchev–Trinajstić information content (AvgIpc) is 3.16. The molecule has 2 amide bonds. The molecule has 2 aromatic heterocycles. The molecule has 3 aromatic rings. The molecule has 11 heteroatoms. The normalized spacial score (nSPS) is 15.5. The van der Waals surface area contributed by atoms with Crippen molar-refractivity contribution >= 4 is 38.4 Å². The van der Waals surface area contributed by atoms with Gasteiger partial charge in [0.25, 0.3) is 5.91 Å². The van der Waals surface area contributed by atoms with Gasteiger partial charge in [-0.2, -0.15) is 5.10 Å². The molecule has 0 atom stereocenters. The number of piperidine rings is 1. The molecular formula is C23H28N6O4S. The monoisotopic (exact) mass is 484 g/mol. The number of hydrogen-bond donors (Lipinski definition) is 2. The molecule has 1 fully saturated rings. The number of amides is 2. The minimum atomic E-state index is -3.15. The predicted molar refractivity (Wildman–Crippen MR) is 129 cm³/mol. The highest BCUT2D eigenvalue weighted by Crippen LogP contribution is 2.23. The summed E-state index contributed by atoms with van der Waals surface area (Å²) in [5.74, 6) is -0.679. The van der Waals surface area contributed by atoms with Gasteiger partial charge < -0.3 is 11.1 Å². The van der Waals surface area contributed by atoms with E-state index in [1.54, 1.807) is 53.3 Å². The Bertz CT molecular complexity index is 1340. The molecule has 1 saturated heterocycles. The van der Waals surface area contributed by atoms with Gasteiger partial charge in [0, 0.05) is 31.2 Å². The molecule has 0 saturated carbocycles. The molecule has 1 aromatic carbocycles. The van der Waals surface area contributed by atoms with Crippen molar-refractivity contribution in [3.8, 4) is 0 Å². The van der Waals surface area contributed by atoms with Crippen LogP contribution in [-0.4, -0.2) is 58.1 Å². The number of aryl methyl sites for hydroxylation is 1. The Morgan fingerprint density at radius 1 is 1.21 bits per heavy atom. The van der Waals surface area contributed by atoms with Crippen LogP contribution in [0.3, 0.4) is 0 Å². The van der Waals surface area contributed by atoms with Crippen LogP contribution in [-0.2, 0) is 16.6 Å². The Kier molecular flexibility index (Phi) is 6.67. The molecule has 4 rings (SSSR count). The summed E-state index contributed by atoms with van der Waals surface area (Å²) in [6, 6.07) is 8.41. The molecule has 180 valence electrons. The van der Waals surface area contributed by atoms with Gasteiger partial charge in [0.1, 0.15) is 5.69 Å². The van der Waals surface area contributed by atoms with E-state index in [1.807, 2.05) is 0 Å². The van der Waals surface area contributed by atoms with E-state index in [9.17, 15) is 18.0 Å². The standard InChI is InChI=1S/C23H28N6O4S/c1-3-34(32,33)29-10-8-16(9-11-29)13-28-14-21(15(2)27-28)26-23(31)20-12-18(22(24)30)17-6-4-5-7-19(17)25-20/h4-7,12,14,16H,3,8-11,13H2,1-2H3,(H2,24,30)(H,26,31). The maximum atomic E-state index is 12.9. The zero-order chi connectivity index (χ0) is 24.5. The first kappa shape index (κ1) is 23.8. The van der Waals surface area contributed by atoms with Gasteiger partial charge in [-0.15, -0.1) is 0 Å². The van der Waals surface area contributed by atoms with E-state index in [2.05, 4.69) is 15.4 Å². The molecule has 0 spiro atoms. The highest BCUT2D eigenvalue weighted by atomic mass is 32.2. The second-order valence-corrected chi connectivity index (χ2v) is 10.7. The van der Waals surface area contributed by atoms with E-state index >= 15 is 0 Å². The van der Waals surface area contributed by atoms with E-state index in [0.717, 1.165) is 12.8 Å². The van der Waals surface area contributed by atoms with Crippen molar-refractivity contribution in [2.24, 2.45) is 11.7 Å². The fourth-order valence-electron chi connectivity index (χ4n) is 4.23. The summed E-state index contributed by atoms with van der Waals surface area (Å²) in [4.78, 5) is 29.2. The maximum absolute atomic E-state index is 12.9. The Labute approximate surface area is 198 Å². The fraction of sp³-hybridized carbons (Fsp3) is 0.391. The lowest BCUT2D eigenvalue weighted by molar-refractivity contribution is 0.100. The number of rotatable bonds is 7. The smallest absolute Gasteiger partial charge is 0.274 e. The zero-order valence-electron chi connectivity index (χ0n) is 19.2. The second-order valence-electron chi connectivity index (χ2n) is 8.48. The molecule has 1 aliphatic heterocycles. The fourth-order valence-corrected chi connectivity index (χ4v) is 5.37. The van der Waals surface area contributed by atoms with Gasteiger partial charge >= 0.3 is 0 Å². The van der Waals surface area contributed by atoms with Crippen LogP contribution in [0.1, 0.15) is 46.3 Å². The number of nitrogens with one attached hydrogen (secondary N) is 1. The number of primary amides is 1. The van der Waals surface area contributed by atoms with E-state index < -0.39 is 21.8 Å². The summed E-state index contributed by atoms with van der Waals surface area (Å²) in [5, 5.41) is 7.92. The molecule has 0 radical (unpaired) electrons. The van der Waals surface area contributed by atoms with Gasteiger partial charge in [0.2, 0.25) is 15.9 Å². The number of nitrogens with two attached hydrogens (primary N) is 1. The van der Waals surface area contributed by atoms with Crippen molar-refractivity contribution in [1.29, 1.82) is 0 Å². The van der Waals surface area contributed by atoms with Crippen molar-refractivity contribution in [1.82, 2.24) is 19.1 Å². The number of anilines is 1. The summed E-state index contributed by atoms with van der Waals surface area (Å²) in [6.45, 7) is 5.12. The quantitative estimate of drug-likeness (QED) is 0.527. The lowest BCUT2D eigenvalue weighted by Gasteiger charge is -2.30. The number of carbonyl (C=O) groups excluding carboxylic acids is 2. The van der Waals surface area contributed by atoms with Crippen LogP contribution in [0.2, 0.25) is 0 Å². The number of hydrogen-bond acceptors (Lipinski definition) is 6. The predicted octanol–water partition coefficient (Wildman–Crippen LogP) is 2.15. The van der Waals surface area contributed by atoms with Crippen LogP contribution < -0.4 is 11.1 Å². The topological polar surface area (TPSA) is 140 Å². The number of nitrogens with zero attached hydrogens (tertiary/aromatic N) is 4. The van der Waals surface area contributed by atoms with E-state index in [1.165, 1.54) is 6.07 Å². The number of aromatic nitrogens is 3. The van der Waals surface area contributed by atoms with Crippen molar-refractivity contribution in [2.75, 3.05) is 24.2 Å². The Balaban J connectivity index is 1.45. The van der Waals surface area contributed by atoms with Crippen LogP contribution in [0.4, 0.5) is 5.69 Å². The molecule has 0 unspecified atom stereocenters. The van der Waals surface area contributed by atoms with Crippen LogP contribution in [0.25, 0.3) is 10.9 Å². The van der Waals surface area contributed by atoms with Crippen molar-refractivity contribution < 1.29 is 18.0 Å². The number of pyridine rings is 1. The van der Waals surface area contributed by atoms with Crippen LogP contribution in [0.15, 0.2) is 36.5 Å². The molecular weight excluding hydrogens is 456 g/mol. The molecule has 3 heterocycles. The summed E-state index contributed by atoms with van der Waals surface area (Å²) < 4.78 is 27.4. The van der Waals surface area contributed by atoms with Gasteiger partial charge in [-0.3, -0.25) is 14.3 Å². The highest BCUT2D eigenvalue weighted by Gasteiger charge is 2.27. The minimum Gasteiger partial charge on any atom is -0.366 e. The lowest BCUT2D eigenvalue weighted by atomic mass is 9.98. The minimum absolute atomic E-state index is 0.0872. The molecule has 0 bridgehead atoms. The van der Waals surface area contributed by atoms with E-state index in [4.69, 9.17) is 5.73 Å². The number of carbonyl (C=O) groups is 2. The van der Waals surface area contributed by atoms with Gasteiger partial charge in [-0.25, -0.2) is 17.7 Å². The summed E-state index contributed by atoms with van der Waals surface area (Å²) in [5.41, 5.74) is 7.54. The number of benzene rings is 1. The number of fused-ring (bicyclic) bond motifs is 1. The maximum Gasteiger partial charge on any atom is 0.274 e. The SMILES string of the molecule is CCS(=O)(=O)N1CCC(Cn2cc(NC(=O)c3cc(C(N)=O)c4ccccc4n3)c(C)n2)CC1.